The summed E-state index contributed by atoms with van der Waals surface area (Å²) < 4.78 is 13.2. The minimum Gasteiger partial charge on any atom is -0.376 e. The monoisotopic (exact) mass is 240 g/mol. The van der Waals surface area contributed by atoms with Gasteiger partial charge in [0.25, 0.3) is 0 Å². The van der Waals surface area contributed by atoms with Gasteiger partial charge in [0.2, 0.25) is 0 Å². The van der Waals surface area contributed by atoms with Crippen LogP contribution in [0.1, 0.15) is 23.4 Å². The largest absolute Gasteiger partial charge is 0.376 e. The molecular formula is C11H16N2O2S. The lowest BCUT2D eigenvalue weighted by molar-refractivity contribution is 0.0840. The number of fused-ring (bicyclic) bond motifs is 1. The third kappa shape index (κ3) is 1.83. The van der Waals surface area contributed by atoms with Crippen LogP contribution >= 0.6 is 11.3 Å². The van der Waals surface area contributed by atoms with Crippen molar-refractivity contribution in [1.82, 2.24) is 4.57 Å². The van der Waals surface area contributed by atoms with E-state index in [0.717, 1.165) is 39.0 Å². The maximum Gasteiger partial charge on any atom is 0.182 e. The van der Waals surface area contributed by atoms with Gasteiger partial charge in [0.05, 0.1) is 31.6 Å². The molecule has 0 amide bonds. The number of nitrogens with zero attached hydrogens (tertiary/aromatic N) is 1. The molecule has 1 saturated heterocycles. The molecule has 1 N–H and O–H groups in total. The number of aromatic nitrogens is 1. The molecule has 3 rings (SSSR count). The van der Waals surface area contributed by atoms with Gasteiger partial charge in [-0.15, -0.1) is 11.3 Å². The van der Waals surface area contributed by atoms with Gasteiger partial charge in [0, 0.05) is 17.9 Å². The third-order valence-corrected chi connectivity index (χ3v) is 4.34. The first kappa shape index (κ1) is 10.5. The van der Waals surface area contributed by atoms with Crippen LogP contribution in [0, 0.1) is 5.41 Å². The van der Waals surface area contributed by atoms with Crippen LogP contribution in [0.2, 0.25) is 0 Å². The van der Waals surface area contributed by atoms with Crippen LogP contribution in [0.25, 0.3) is 0 Å². The summed E-state index contributed by atoms with van der Waals surface area (Å²) >= 11 is 1.59. The maximum absolute atomic E-state index is 8.00. The first-order valence-electron chi connectivity index (χ1n) is 5.80. The van der Waals surface area contributed by atoms with Gasteiger partial charge in [-0.1, -0.05) is 0 Å². The summed E-state index contributed by atoms with van der Waals surface area (Å²) in [5.41, 5.74) is 1.21. The van der Waals surface area contributed by atoms with E-state index in [1.165, 1.54) is 10.6 Å². The van der Waals surface area contributed by atoms with Gasteiger partial charge in [0.15, 0.2) is 4.80 Å². The molecule has 1 atom stereocenters. The summed E-state index contributed by atoms with van der Waals surface area (Å²) in [6, 6.07) is 0. The van der Waals surface area contributed by atoms with E-state index in [9.17, 15) is 0 Å². The fraction of sp³-hybridized carbons (Fsp3) is 0.727. The van der Waals surface area contributed by atoms with Crippen molar-refractivity contribution in [3.63, 3.8) is 0 Å². The summed E-state index contributed by atoms with van der Waals surface area (Å²) in [6.45, 7) is 3.17. The van der Waals surface area contributed by atoms with Crippen molar-refractivity contribution in [2.24, 2.45) is 0 Å². The highest BCUT2D eigenvalue weighted by atomic mass is 32.1. The van der Waals surface area contributed by atoms with E-state index in [1.54, 1.807) is 11.3 Å². The molecule has 0 aromatic carbocycles. The van der Waals surface area contributed by atoms with Crippen molar-refractivity contribution in [1.29, 1.82) is 5.41 Å². The SMILES string of the molecule is N=c1sc2c(n1C[C@H]1CCCO1)COCC2. The average molecular weight is 240 g/mol. The Hall–Kier alpha value is -0.650. The third-order valence-electron chi connectivity index (χ3n) is 3.24. The summed E-state index contributed by atoms with van der Waals surface area (Å²) in [6.07, 6.45) is 3.54. The van der Waals surface area contributed by atoms with E-state index in [-0.39, 0.29) is 0 Å². The second kappa shape index (κ2) is 4.31. The lowest BCUT2D eigenvalue weighted by atomic mass is 10.2. The zero-order valence-electron chi connectivity index (χ0n) is 9.20. The summed E-state index contributed by atoms with van der Waals surface area (Å²) in [5.74, 6) is 0. The molecule has 2 aliphatic rings. The van der Waals surface area contributed by atoms with Crippen molar-refractivity contribution in [3.05, 3.63) is 15.4 Å². The minimum atomic E-state index is 0.301. The Morgan fingerprint density at radius 3 is 3.19 bits per heavy atom. The van der Waals surface area contributed by atoms with E-state index in [1.807, 2.05) is 0 Å². The standard InChI is InChI=1S/C11H16N2O2S/c12-11-13(6-8-2-1-4-15-8)9-7-14-5-3-10(9)16-11/h8,12H,1-7H2/t8-/m1/s1. The van der Waals surface area contributed by atoms with E-state index in [2.05, 4.69) is 4.57 Å². The molecule has 0 saturated carbocycles. The molecule has 0 spiro atoms. The van der Waals surface area contributed by atoms with Crippen molar-refractivity contribution >= 4 is 11.3 Å². The van der Waals surface area contributed by atoms with Gasteiger partial charge in [-0.05, 0) is 12.8 Å². The molecule has 3 heterocycles. The molecule has 0 unspecified atom stereocenters. The van der Waals surface area contributed by atoms with E-state index in [4.69, 9.17) is 14.9 Å². The van der Waals surface area contributed by atoms with Crippen LogP contribution in [0.5, 0.6) is 0 Å². The molecule has 2 aliphatic heterocycles. The topological polar surface area (TPSA) is 47.2 Å². The molecule has 0 radical (unpaired) electrons. The van der Waals surface area contributed by atoms with Gasteiger partial charge in [-0.2, -0.15) is 0 Å². The van der Waals surface area contributed by atoms with Crippen molar-refractivity contribution < 1.29 is 9.47 Å². The van der Waals surface area contributed by atoms with Gasteiger partial charge < -0.3 is 14.0 Å². The first-order chi connectivity index (χ1) is 7.84. The Morgan fingerprint density at radius 1 is 1.44 bits per heavy atom. The second-order valence-electron chi connectivity index (χ2n) is 4.33. The zero-order chi connectivity index (χ0) is 11.0. The fourth-order valence-electron chi connectivity index (χ4n) is 2.38. The summed E-state index contributed by atoms with van der Waals surface area (Å²) in [7, 11) is 0. The molecule has 5 heteroatoms. The molecule has 0 bridgehead atoms. The van der Waals surface area contributed by atoms with Crippen molar-refractivity contribution in [3.8, 4) is 0 Å². The average Bonchev–Trinajstić information content (AvgIpc) is 2.89. The highest BCUT2D eigenvalue weighted by Gasteiger charge is 2.21. The summed E-state index contributed by atoms with van der Waals surface area (Å²) in [4.78, 5) is 1.97. The second-order valence-corrected chi connectivity index (χ2v) is 5.41. The zero-order valence-corrected chi connectivity index (χ0v) is 10.0. The van der Waals surface area contributed by atoms with E-state index in [0.29, 0.717) is 17.5 Å². The maximum atomic E-state index is 8.00. The smallest absolute Gasteiger partial charge is 0.182 e. The van der Waals surface area contributed by atoms with Gasteiger partial charge in [-0.3, -0.25) is 5.41 Å². The first-order valence-corrected chi connectivity index (χ1v) is 6.61. The molecule has 88 valence electrons. The lowest BCUT2D eigenvalue weighted by Crippen LogP contribution is -2.25. The van der Waals surface area contributed by atoms with Gasteiger partial charge in [0.1, 0.15) is 0 Å². The molecule has 16 heavy (non-hydrogen) atoms. The molecular weight excluding hydrogens is 224 g/mol. The van der Waals surface area contributed by atoms with Crippen LogP contribution in [0.15, 0.2) is 0 Å². The highest BCUT2D eigenvalue weighted by Crippen LogP contribution is 2.21. The Balaban J connectivity index is 1.87. The van der Waals surface area contributed by atoms with Crippen molar-refractivity contribution in [2.45, 2.75) is 38.5 Å². The van der Waals surface area contributed by atoms with Crippen LogP contribution in [0.3, 0.4) is 0 Å². The Bertz CT molecular complexity index is 432. The fourth-order valence-corrected chi connectivity index (χ4v) is 3.38. The predicted octanol–water partition coefficient (Wildman–Crippen LogP) is 1.28. The van der Waals surface area contributed by atoms with Gasteiger partial charge >= 0.3 is 0 Å². The molecule has 4 nitrogen and oxygen atoms in total. The number of thiazole rings is 1. The van der Waals surface area contributed by atoms with E-state index < -0.39 is 0 Å². The van der Waals surface area contributed by atoms with Crippen LogP contribution < -0.4 is 4.80 Å². The number of ether oxygens (including phenoxy) is 2. The van der Waals surface area contributed by atoms with Crippen molar-refractivity contribution in [2.75, 3.05) is 13.2 Å². The predicted molar refractivity (Wildman–Crippen MR) is 60.5 cm³/mol. The number of hydrogen-bond donors (Lipinski definition) is 1. The van der Waals surface area contributed by atoms with Crippen LogP contribution in [0.4, 0.5) is 0 Å². The molecule has 1 aromatic rings. The molecule has 1 aromatic heterocycles. The Labute approximate surface area is 98.3 Å². The van der Waals surface area contributed by atoms with Crippen LogP contribution in [-0.2, 0) is 29.0 Å². The number of rotatable bonds is 2. The van der Waals surface area contributed by atoms with E-state index >= 15 is 0 Å². The highest BCUT2D eigenvalue weighted by molar-refractivity contribution is 7.09. The number of nitrogens with one attached hydrogen (secondary N) is 1. The van der Waals surface area contributed by atoms with Crippen LogP contribution in [-0.4, -0.2) is 23.9 Å². The Morgan fingerprint density at radius 2 is 2.38 bits per heavy atom. The molecule has 0 aliphatic carbocycles. The molecule has 1 fully saturated rings. The normalized spacial score (nSPS) is 24.6. The summed E-state index contributed by atoms with van der Waals surface area (Å²) in [5, 5.41) is 8.00. The minimum absolute atomic E-state index is 0.301. The van der Waals surface area contributed by atoms with Gasteiger partial charge in [-0.25, -0.2) is 0 Å². The quantitative estimate of drug-likeness (QED) is 0.846. The Kier molecular flexibility index (Phi) is 2.83. The number of hydrogen-bond acceptors (Lipinski definition) is 4. The lowest BCUT2D eigenvalue weighted by Gasteiger charge is -2.17.